The monoisotopic (exact) mass is 896 g/mol. The quantitative estimate of drug-likeness (QED) is 0.173. The molecule has 0 bridgehead atoms. The summed E-state index contributed by atoms with van der Waals surface area (Å²) in [7, 11) is -1.41. The van der Waals surface area contributed by atoms with Gasteiger partial charge >= 0.3 is 7.12 Å². The van der Waals surface area contributed by atoms with Crippen LogP contribution in [0.1, 0.15) is 0 Å². The first-order valence-corrected chi connectivity index (χ1v) is 17.4. The smallest absolute Gasteiger partial charge is 0.423 e. The van der Waals surface area contributed by atoms with Gasteiger partial charge in [0.2, 0.25) is 0 Å². The molecule has 220 valence electrons. The van der Waals surface area contributed by atoms with E-state index in [1.807, 2.05) is 72.8 Å². The molecule has 0 atom stereocenters. The summed E-state index contributed by atoms with van der Waals surface area (Å²) in [6.45, 7) is 0. The third-order valence-electron chi connectivity index (χ3n) is 6.28. The molecule has 6 aromatic rings. The van der Waals surface area contributed by atoms with Crippen LogP contribution in [0, 0.1) is 0 Å². The predicted molar refractivity (Wildman–Crippen MR) is 204 cm³/mol. The fourth-order valence-corrected chi connectivity index (χ4v) is 7.95. The summed E-state index contributed by atoms with van der Waals surface area (Å²) >= 11 is 17.1. The topological polar surface area (TPSA) is 40.5 Å². The van der Waals surface area contributed by atoms with Gasteiger partial charge in [-0.1, -0.05) is 183 Å². The second-order valence-corrected chi connectivity index (χ2v) is 14.1. The van der Waals surface area contributed by atoms with Crippen LogP contribution < -0.4 is 5.46 Å². The van der Waals surface area contributed by atoms with E-state index in [-0.39, 0.29) is 0 Å². The molecule has 0 fully saturated rings. The van der Waals surface area contributed by atoms with Crippen molar-refractivity contribution in [2.45, 2.75) is 0 Å². The lowest BCUT2D eigenvalue weighted by molar-refractivity contribution is 0.426. The second-order valence-electron chi connectivity index (χ2n) is 9.56. The lowest BCUT2D eigenvalue weighted by atomic mass is 9.79. The third-order valence-corrected chi connectivity index (χ3v) is 8.57. The molecule has 0 aliphatic rings. The van der Waals surface area contributed by atoms with E-state index in [0.29, 0.717) is 5.46 Å². The van der Waals surface area contributed by atoms with Crippen molar-refractivity contribution in [2.24, 2.45) is 0 Å². The molecule has 0 aliphatic carbocycles. The van der Waals surface area contributed by atoms with E-state index in [2.05, 4.69) is 140 Å². The highest BCUT2D eigenvalue weighted by atomic mass is 79.9. The average Bonchev–Trinajstić information content (AvgIpc) is 3.01. The lowest BCUT2D eigenvalue weighted by Gasteiger charge is -2.07. The zero-order chi connectivity index (χ0) is 31.5. The highest BCUT2D eigenvalue weighted by Crippen LogP contribution is 2.30. The number of halogens is 5. The van der Waals surface area contributed by atoms with Crippen molar-refractivity contribution in [3.63, 3.8) is 0 Å². The largest absolute Gasteiger partial charge is 0.488 e. The van der Waals surface area contributed by atoms with E-state index in [1.165, 1.54) is 22.3 Å². The molecule has 0 saturated heterocycles. The fourth-order valence-electron chi connectivity index (χ4n) is 4.26. The Morgan fingerprint density at radius 2 is 0.659 bits per heavy atom. The molecule has 0 saturated carbocycles. The summed E-state index contributed by atoms with van der Waals surface area (Å²) in [4.78, 5) is 0. The molecule has 0 amide bonds. The Labute approximate surface area is 301 Å². The summed E-state index contributed by atoms with van der Waals surface area (Å²) < 4.78 is 5.37. The predicted octanol–water partition coefficient (Wildman–Crippen LogP) is 11.6. The van der Waals surface area contributed by atoms with Crippen molar-refractivity contribution in [1.82, 2.24) is 0 Å². The van der Waals surface area contributed by atoms with Crippen molar-refractivity contribution in [3.8, 4) is 33.4 Å². The van der Waals surface area contributed by atoms with Gasteiger partial charge in [0.1, 0.15) is 0 Å². The van der Waals surface area contributed by atoms with E-state index in [9.17, 15) is 0 Å². The van der Waals surface area contributed by atoms with E-state index >= 15 is 0 Å². The summed E-state index contributed by atoms with van der Waals surface area (Å²) in [6, 6.07) is 48.4. The van der Waals surface area contributed by atoms with Gasteiger partial charge in [0, 0.05) is 22.4 Å². The maximum absolute atomic E-state index is 9.05. The van der Waals surface area contributed by atoms with Crippen LogP contribution >= 0.6 is 79.6 Å². The molecule has 0 heterocycles. The van der Waals surface area contributed by atoms with Crippen LogP contribution in [0.5, 0.6) is 0 Å². The van der Waals surface area contributed by atoms with Gasteiger partial charge in [-0.2, -0.15) is 0 Å². The van der Waals surface area contributed by atoms with Gasteiger partial charge in [-0.3, -0.25) is 0 Å². The van der Waals surface area contributed by atoms with Gasteiger partial charge in [0.15, 0.2) is 0 Å². The molecule has 0 aliphatic heterocycles. The molecule has 0 unspecified atom stereocenters. The number of hydrogen-bond acceptors (Lipinski definition) is 2. The van der Waals surface area contributed by atoms with Crippen LogP contribution in [0.25, 0.3) is 33.4 Å². The molecule has 0 radical (unpaired) electrons. The van der Waals surface area contributed by atoms with Crippen molar-refractivity contribution < 1.29 is 10.0 Å². The van der Waals surface area contributed by atoms with Crippen molar-refractivity contribution >= 4 is 92.2 Å². The van der Waals surface area contributed by atoms with Gasteiger partial charge in [0.25, 0.3) is 0 Å². The molecular weight excluding hydrogens is 875 g/mol. The van der Waals surface area contributed by atoms with Crippen LogP contribution in [0.3, 0.4) is 0 Å². The minimum Gasteiger partial charge on any atom is -0.423 e. The molecular formula is C36H26BBr5O2. The Kier molecular flexibility index (Phi) is 13.7. The zero-order valence-electron chi connectivity index (χ0n) is 23.2. The van der Waals surface area contributed by atoms with Crippen LogP contribution in [0.2, 0.25) is 0 Å². The standard InChI is InChI=1S/C18H12Br2.C12H11BO2.C6H3Br3/c19-17-10-16(11-18(20)12-17)15-8-4-7-14(9-15)13-5-2-1-3-6-13;14-13(15)12-8-4-7-11(9-12)10-5-2-1-3-6-10;7-4-1-5(8)3-6(9)2-4/h1-12H;1-9,14-15H;1-3H. The first-order chi connectivity index (χ1) is 21.2. The molecule has 0 aromatic heterocycles. The minimum absolute atomic E-state index is 0.511. The van der Waals surface area contributed by atoms with Crippen LogP contribution in [0.15, 0.2) is 168 Å². The van der Waals surface area contributed by atoms with Gasteiger partial charge in [0.05, 0.1) is 0 Å². The molecule has 0 spiro atoms. The maximum atomic E-state index is 9.05. The number of benzene rings is 6. The third kappa shape index (κ3) is 10.9. The Balaban J connectivity index is 0.000000162. The van der Waals surface area contributed by atoms with E-state index < -0.39 is 7.12 Å². The first-order valence-electron chi connectivity index (χ1n) is 13.4. The molecule has 6 rings (SSSR count). The van der Waals surface area contributed by atoms with E-state index in [1.54, 1.807) is 12.1 Å². The van der Waals surface area contributed by atoms with Crippen molar-refractivity contribution in [2.75, 3.05) is 0 Å². The minimum atomic E-state index is -1.41. The van der Waals surface area contributed by atoms with Gasteiger partial charge < -0.3 is 10.0 Å². The number of hydrogen-bond donors (Lipinski definition) is 2. The Bertz CT molecular complexity index is 1730. The highest BCUT2D eigenvalue weighted by molar-refractivity contribution is 9.11. The normalized spacial score (nSPS) is 10.2. The number of rotatable bonds is 4. The SMILES string of the molecule is Brc1cc(Br)cc(-c2cccc(-c3ccccc3)c2)c1.Brc1cc(Br)cc(Br)c1.OB(O)c1cccc(-c2ccccc2)c1. The summed E-state index contributed by atoms with van der Waals surface area (Å²) in [5.41, 5.74) is 7.46. The summed E-state index contributed by atoms with van der Waals surface area (Å²) in [5, 5.41) is 18.1. The zero-order valence-corrected chi connectivity index (χ0v) is 31.1. The van der Waals surface area contributed by atoms with Gasteiger partial charge in [-0.05, 0) is 81.3 Å². The van der Waals surface area contributed by atoms with Gasteiger partial charge in [-0.15, -0.1) is 0 Å². The molecule has 2 nitrogen and oxygen atoms in total. The maximum Gasteiger partial charge on any atom is 0.488 e. The van der Waals surface area contributed by atoms with Crippen LogP contribution in [-0.2, 0) is 0 Å². The van der Waals surface area contributed by atoms with E-state index in [4.69, 9.17) is 10.0 Å². The lowest BCUT2D eigenvalue weighted by Crippen LogP contribution is -2.29. The molecule has 6 aromatic carbocycles. The fraction of sp³-hybridized carbons (Fsp3) is 0. The van der Waals surface area contributed by atoms with Crippen molar-refractivity contribution in [1.29, 1.82) is 0 Å². The molecule has 44 heavy (non-hydrogen) atoms. The Morgan fingerprint density at radius 3 is 1.09 bits per heavy atom. The van der Waals surface area contributed by atoms with Crippen LogP contribution in [0.4, 0.5) is 0 Å². The Morgan fingerprint density at radius 1 is 0.318 bits per heavy atom. The Hall–Kier alpha value is -2.30. The summed E-state index contributed by atoms with van der Waals surface area (Å²) in [6.07, 6.45) is 0. The van der Waals surface area contributed by atoms with Gasteiger partial charge in [-0.25, -0.2) is 0 Å². The van der Waals surface area contributed by atoms with Crippen molar-refractivity contribution in [3.05, 3.63) is 168 Å². The second kappa shape index (κ2) is 17.4. The first kappa shape index (κ1) is 34.6. The molecule has 2 N–H and O–H groups in total. The highest BCUT2D eigenvalue weighted by Gasteiger charge is 2.11. The van der Waals surface area contributed by atoms with E-state index in [0.717, 1.165) is 33.5 Å². The van der Waals surface area contributed by atoms with Crippen LogP contribution in [-0.4, -0.2) is 17.2 Å². The average molecular weight is 901 g/mol. The summed E-state index contributed by atoms with van der Waals surface area (Å²) in [5.74, 6) is 0. The molecule has 8 heteroatoms.